The fourth-order valence-corrected chi connectivity index (χ4v) is 2.87. The summed E-state index contributed by atoms with van der Waals surface area (Å²) in [7, 11) is 0. The summed E-state index contributed by atoms with van der Waals surface area (Å²) < 4.78 is 3.42. The van der Waals surface area contributed by atoms with Gasteiger partial charge in [0.1, 0.15) is 10.6 Å². The average Bonchev–Trinajstić information content (AvgIpc) is 2.59. The van der Waals surface area contributed by atoms with Crippen molar-refractivity contribution in [3.8, 4) is 0 Å². The molecule has 0 saturated carbocycles. The summed E-state index contributed by atoms with van der Waals surface area (Å²) in [5.74, 6) is 0. The van der Waals surface area contributed by atoms with Gasteiger partial charge in [0.2, 0.25) is 0 Å². The van der Waals surface area contributed by atoms with Crippen LogP contribution in [0, 0.1) is 5.41 Å². The molecule has 0 radical (unpaired) electrons. The zero-order valence-electron chi connectivity index (χ0n) is 14.2. The third kappa shape index (κ3) is 3.72. The Balaban J connectivity index is 1.96. The highest BCUT2D eigenvalue weighted by molar-refractivity contribution is 6.30. The molecule has 0 spiro atoms. The number of allylic oxidation sites excluding steroid dienone is 1. The summed E-state index contributed by atoms with van der Waals surface area (Å²) in [6.07, 6.45) is 8.01. The second-order valence-corrected chi connectivity index (χ2v) is 6.39. The molecule has 0 unspecified atom stereocenters. The van der Waals surface area contributed by atoms with Crippen LogP contribution in [0.3, 0.4) is 0 Å². The van der Waals surface area contributed by atoms with Crippen molar-refractivity contribution in [1.29, 1.82) is 5.41 Å². The van der Waals surface area contributed by atoms with Crippen LogP contribution in [-0.2, 0) is 13.0 Å². The van der Waals surface area contributed by atoms with E-state index >= 15 is 0 Å². The van der Waals surface area contributed by atoms with Crippen molar-refractivity contribution >= 4 is 28.6 Å². The third-order valence-electron chi connectivity index (χ3n) is 4.05. The van der Waals surface area contributed by atoms with Gasteiger partial charge in [-0.25, -0.2) is 4.98 Å². The minimum absolute atomic E-state index is 0.104. The first-order chi connectivity index (χ1) is 12.0. The fourth-order valence-electron chi connectivity index (χ4n) is 2.70. The van der Waals surface area contributed by atoms with Crippen molar-refractivity contribution in [2.45, 2.75) is 26.8 Å². The molecule has 3 aromatic rings. The molecule has 0 aromatic carbocycles. The molecule has 1 N–H and O–H groups in total. The van der Waals surface area contributed by atoms with Gasteiger partial charge < -0.3 is 9.13 Å². The number of aromatic nitrogens is 3. The average molecular weight is 355 g/mol. The molecule has 0 aliphatic rings. The number of fused-ring (bicyclic) bond motifs is 1. The Kier molecular flexibility index (Phi) is 4.86. The second kappa shape index (κ2) is 7.07. The number of halogens is 1. The summed E-state index contributed by atoms with van der Waals surface area (Å²) in [6, 6.07) is 7.27. The standard InChI is InChI=1S/C19H19ClN4O/c1-3-14-4-5-18(21)24(12-14)11-13(2)10-23-7-6-15-8-17(20)22-9-16(15)19(23)25/h4-9,11-12,21H,3,10H2,1-2H3/b13-11+,21-18?. The van der Waals surface area contributed by atoms with Crippen LogP contribution in [0.15, 0.2) is 53.2 Å². The van der Waals surface area contributed by atoms with E-state index in [1.807, 2.05) is 31.5 Å². The molecule has 0 aliphatic heterocycles. The van der Waals surface area contributed by atoms with Gasteiger partial charge in [-0.05, 0) is 48.1 Å². The largest absolute Gasteiger partial charge is 0.311 e. The van der Waals surface area contributed by atoms with E-state index in [2.05, 4.69) is 11.9 Å². The van der Waals surface area contributed by atoms with Gasteiger partial charge in [0.15, 0.2) is 0 Å². The van der Waals surface area contributed by atoms with Crippen LogP contribution in [0.5, 0.6) is 0 Å². The molecule has 5 nitrogen and oxygen atoms in total. The molecule has 25 heavy (non-hydrogen) atoms. The van der Waals surface area contributed by atoms with Crippen LogP contribution < -0.4 is 11.0 Å². The normalized spacial score (nSPS) is 11.9. The lowest BCUT2D eigenvalue weighted by Crippen LogP contribution is -2.21. The van der Waals surface area contributed by atoms with E-state index < -0.39 is 0 Å². The highest BCUT2D eigenvalue weighted by atomic mass is 35.5. The molecule has 0 amide bonds. The number of hydrogen-bond donors (Lipinski definition) is 1. The van der Waals surface area contributed by atoms with Crippen molar-refractivity contribution in [3.05, 3.63) is 75.0 Å². The van der Waals surface area contributed by atoms with Gasteiger partial charge in [-0.15, -0.1) is 0 Å². The highest BCUT2D eigenvalue weighted by Gasteiger charge is 2.05. The first kappa shape index (κ1) is 17.2. The smallest absolute Gasteiger partial charge is 0.260 e. The molecule has 0 atom stereocenters. The van der Waals surface area contributed by atoms with Gasteiger partial charge >= 0.3 is 0 Å². The Morgan fingerprint density at radius 3 is 2.92 bits per heavy atom. The molecule has 0 aliphatic carbocycles. The Hall–Kier alpha value is -2.66. The molecule has 0 saturated heterocycles. The van der Waals surface area contributed by atoms with E-state index in [1.54, 1.807) is 27.5 Å². The van der Waals surface area contributed by atoms with Crippen molar-refractivity contribution in [1.82, 2.24) is 14.1 Å². The van der Waals surface area contributed by atoms with Crippen molar-refractivity contribution in [3.63, 3.8) is 0 Å². The molecule has 3 rings (SSSR count). The molecular weight excluding hydrogens is 336 g/mol. The number of hydrogen-bond acceptors (Lipinski definition) is 3. The lowest BCUT2D eigenvalue weighted by molar-refractivity contribution is 0.753. The van der Waals surface area contributed by atoms with Crippen LogP contribution >= 0.6 is 11.6 Å². The van der Waals surface area contributed by atoms with E-state index in [0.29, 0.717) is 22.6 Å². The first-order valence-corrected chi connectivity index (χ1v) is 8.43. The van der Waals surface area contributed by atoms with Gasteiger partial charge in [0.25, 0.3) is 5.56 Å². The van der Waals surface area contributed by atoms with E-state index in [1.165, 1.54) is 6.20 Å². The zero-order valence-corrected chi connectivity index (χ0v) is 14.9. The maximum Gasteiger partial charge on any atom is 0.260 e. The number of nitrogens with zero attached hydrogens (tertiary/aromatic N) is 3. The molecule has 0 bridgehead atoms. The number of aryl methyl sites for hydroxylation is 1. The van der Waals surface area contributed by atoms with Crippen molar-refractivity contribution in [2.75, 3.05) is 0 Å². The van der Waals surface area contributed by atoms with Crippen molar-refractivity contribution < 1.29 is 0 Å². The molecule has 0 fully saturated rings. The van der Waals surface area contributed by atoms with E-state index in [9.17, 15) is 4.79 Å². The summed E-state index contributed by atoms with van der Waals surface area (Å²) in [5.41, 5.74) is 2.43. The summed E-state index contributed by atoms with van der Waals surface area (Å²) >= 11 is 5.88. The number of rotatable bonds is 4. The SMILES string of the molecule is CCc1ccc(=N)n(/C=C(\C)Cn2ccc3cc(Cl)ncc3c2=O)c1. The van der Waals surface area contributed by atoms with Crippen LogP contribution in [-0.4, -0.2) is 14.1 Å². The van der Waals surface area contributed by atoms with Crippen molar-refractivity contribution in [2.24, 2.45) is 0 Å². The Bertz CT molecular complexity index is 1080. The van der Waals surface area contributed by atoms with Gasteiger partial charge in [0.05, 0.1) is 5.39 Å². The lowest BCUT2D eigenvalue weighted by atomic mass is 10.2. The van der Waals surface area contributed by atoms with E-state index in [-0.39, 0.29) is 5.56 Å². The summed E-state index contributed by atoms with van der Waals surface area (Å²) in [5, 5.41) is 9.71. The second-order valence-electron chi connectivity index (χ2n) is 6.00. The van der Waals surface area contributed by atoms with Crippen LogP contribution in [0.4, 0.5) is 0 Å². The van der Waals surface area contributed by atoms with E-state index in [4.69, 9.17) is 17.0 Å². The summed E-state index contributed by atoms with van der Waals surface area (Å²) in [6.45, 7) is 4.47. The summed E-state index contributed by atoms with van der Waals surface area (Å²) in [4.78, 5) is 16.6. The maximum atomic E-state index is 12.6. The molecular formula is C19H19ClN4O. The Labute approximate surface area is 150 Å². The van der Waals surface area contributed by atoms with Gasteiger partial charge in [0, 0.05) is 31.3 Å². The molecule has 3 aromatic heterocycles. The number of pyridine rings is 3. The third-order valence-corrected chi connectivity index (χ3v) is 4.26. The van der Waals surface area contributed by atoms with Gasteiger partial charge in [-0.2, -0.15) is 0 Å². The minimum Gasteiger partial charge on any atom is -0.311 e. The van der Waals surface area contributed by atoms with Crippen LogP contribution in [0.2, 0.25) is 5.15 Å². The maximum absolute atomic E-state index is 12.6. The Morgan fingerprint density at radius 2 is 2.16 bits per heavy atom. The zero-order chi connectivity index (χ0) is 18.0. The van der Waals surface area contributed by atoms with E-state index in [0.717, 1.165) is 22.9 Å². The van der Waals surface area contributed by atoms with Crippen LogP contribution in [0.1, 0.15) is 19.4 Å². The van der Waals surface area contributed by atoms with Crippen LogP contribution in [0.25, 0.3) is 17.0 Å². The monoisotopic (exact) mass is 354 g/mol. The first-order valence-electron chi connectivity index (χ1n) is 8.05. The molecule has 3 heterocycles. The predicted octanol–water partition coefficient (Wildman–Crippen LogP) is 3.45. The number of nitrogens with one attached hydrogen (secondary N) is 1. The van der Waals surface area contributed by atoms with Gasteiger partial charge in [-0.1, -0.05) is 24.6 Å². The van der Waals surface area contributed by atoms with Gasteiger partial charge in [-0.3, -0.25) is 10.2 Å². The molecule has 6 heteroatoms. The lowest BCUT2D eigenvalue weighted by Gasteiger charge is -2.09. The topological polar surface area (TPSA) is 63.7 Å². The molecule has 128 valence electrons. The highest BCUT2D eigenvalue weighted by Crippen LogP contribution is 2.13. The predicted molar refractivity (Wildman–Crippen MR) is 101 cm³/mol. The Morgan fingerprint density at radius 1 is 1.36 bits per heavy atom. The quantitative estimate of drug-likeness (QED) is 0.729. The fraction of sp³-hybridized carbons (Fsp3) is 0.211. The minimum atomic E-state index is -0.104.